The Kier molecular flexibility index (Phi) is 4.23. The number of carbonyl (C=O) groups excluding carboxylic acids is 2. The molecule has 1 aromatic carbocycles. The Hall–Kier alpha value is -2.34. The van der Waals surface area contributed by atoms with Gasteiger partial charge in [-0.25, -0.2) is 0 Å². The summed E-state index contributed by atoms with van der Waals surface area (Å²) in [4.78, 5) is 27.0. The zero-order chi connectivity index (χ0) is 18.3. The van der Waals surface area contributed by atoms with Gasteiger partial charge in [0.2, 0.25) is 5.91 Å². The zero-order valence-corrected chi connectivity index (χ0v) is 15.2. The maximum Gasteiger partial charge on any atom is 0.258 e. The fourth-order valence-corrected chi connectivity index (χ4v) is 4.40. The van der Waals surface area contributed by atoms with Crippen molar-refractivity contribution in [2.45, 2.75) is 32.2 Å². The second kappa shape index (κ2) is 6.43. The minimum absolute atomic E-state index is 0.0223. The number of para-hydroxylation sites is 1. The predicted molar refractivity (Wildman–Crippen MR) is 97.0 cm³/mol. The van der Waals surface area contributed by atoms with E-state index in [-0.39, 0.29) is 23.3 Å². The highest BCUT2D eigenvalue weighted by molar-refractivity contribution is 6.07. The summed E-state index contributed by atoms with van der Waals surface area (Å²) >= 11 is 0. The molecule has 2 amide bonds. The Labute approximate surface area is 152 Å². The first-order chi connectivity index (χ1) is 12.5. The molecule has 0 saturated carbocycles. The molecule has 0 spiro atoms. The van der Waals surface area contributed by atoms with Crippen molar-refractivity contribution in [1.29, 1.82) is 0 Å². The van der Waals surface area contributed by atoms with E-state index in [9.17, 15) is 9.59 Å². The Morgan fingerprint density at radius 2 is 2.15 bits per heavy atom. The number of ether oxygens (including phenoxy) is 1. The van der Waals surface area contributed by atoms with Crippen molar-refractivity contribution in [3.8, 4) is 0 Å². The van der Waals surface area contributed by atoms with E-state index >= 15 is 0 Å². The predicted octanol–water partition coefficient (Wildman–Crippen LogP) is 2.36. The third kappa shape index (κ3) is 2.69. The lowest BCUT2D eigenvalue weighted by Gasteiger charge is -2.38. The highest BCUT2D eigenvalue weighted by atomic mass is 16.5. The quantitative estimate of drug-likeness (QED) is 0.916. The van der Waals surface area contributed by atoms with Crippen LogP contribution in [0, 0.1) is 5.92 Å². The van der Waals surface area contributed by atoms with Gasteiger partial charge in [0, 0.05) is 44.3 Å². The lowest BCUT2D eigenvalue weighted by molar-refractivity contribution is -0.122. The standard InChI is InChI=1S/C20H24N2O4/c1-3-16-18(15-6-4-5-7-17(15)26-16)19(24)22-10-14-11-25-9-8-20(14,12-22)21-13(2)23/h4-7,14H,3,8-12H2,1-2H3,(H,21,23)/t14-,20+/m1/s1. The number of benzene rings is 1. The molecular formula is C20H24N2O4. The molecule has 138 valence electrons. The molecule has 1 aromatic heterocycles. The fraction of sp³-hybridized carbons (Fsp3) is 0.500. The summed E-state index contributed by atoms with van der Waals surface area (Å²) in [5.74, 6) is 0.753. The third-order valence-corrected chi connectivity index (χ3v) is 5.62. The van der Waals surface area contributed by atoms with E-state index < -0.39 is 0 Å². The summed E-state index contributed by atoms with van der Waals surface area (Å²) in [7, 11) is 0. The molecule has 0 bridgehead atoms. The zero-order valence-electron chi connectivity index (χ0n) is 15.2. The lowest BCUT2D eigenvalue weighted by atomic mass is 9.83. The van der Waals surface area contributed by atoms with Crippen LogP contribution < -0.4 is 5.32 Å². The highest BCUT2D eigenvalue weighted by Gasteiger charge is 2.50. The molecule has 6 heteroatoms. The number of hydrogen-bond donors (Lipinski definition) is 1. The van der Waals surface area contributed by atoms with Gasteiger partial charge < -0.3 is 19.4 Å². The topological polar surface area (TPSA) is 71.8 Å². The SMILES string of the molecule is CCc1oc2ccccc2c1C(=O)N1C[C@@H]2COCC[C@]2(NC(C)=O)C1. The van der Waals surface area contributed by atoms with Gasteiger partial charge in [0.25, 0.3) is 5.91 Å². The smallest absolute Gasteiger partial charge is 0.258 e. The Bertz CT molecular complexity index is 859. The van der Waals surface area contributed by atoms with E-state index in [4.69, 9.17) is 9.15 Å². The number of aryl methyl sites for hydroxylation is 1. The van der Waals surface area contributed by atoms with Crippen LogP contribution in [0.5, 0.6) is 0 Å². The molecule has 2 aliphatic rings. The normalized spacial score (nSPS) is 25.3. The summed E-state index contributed by atoms with van der Waals surface area (Å²) in [6.45, 7) is 5.80. The summed E-state index contributed by atoms with van der Waals surface area (Å²) in [5, 5.41) is 3.97. The number of fused-ring (bicyclic) bond motifs is 2. The van der Waals surface area contributed by atoms with Gasteiger partial charge in [0.15, 0.2) is 0 Å². The largest absolute Gasteiger partial charge is 0.460 e. The molecule has 0 radical (unpaired) electrons. The van der Waals surface area contributed by atoms with Crippen molar-refractivity contribution in [2.24, 2.45) is 5.92 Å². The molecule has 26 heavy (non-hydrogen) atoms. The van der Waals surface area contributed by atoms with Crippen molar-refractivity contribution >= 4 is 22.8 Å². The Morgan fingerprint density at radius 1 is 1.35 bits per heavy atom. The number of hydrogen-bond acceptors (Lipinski definition) is 4. The van der Waals surface area contributed by atoms with Crippen molar-refractivity contribution < 1.29 is 18.7 Å². The van der Waals surface area contributed by atoms with Gasteiger partial charge in [0.05, 0.1) is 17.7 Å². The lowest BCUT2D eigenvalue weighted by Crippen LogP contribution is -2.57. The summed E-state index contributed by atoms with van der Waals surface area (Å²) in [6.07, 6.45) is 1.39. The molecule has 2 aliphatic heterocycles. The van der Waals surface area contributed by atoms with E-state index in [0.717, 1.165) is 23.2 Å². The molecule has 2 fully saturated rings. The summed E-state index contributed by atoms with van der Waals surface area (Å²) in [5.41, 5.74) is 1.01. The van der Waals surface area contributed by atoms with Gasteiger partial charge in [-0.2, -0.15) is 0 Å². The minimum Gasteiger partial charge on any atom is -0.460 e. The first kappa shape index (κ1) is 17.1. The van der Waals surface area contributed by atoms with Crippen molar-refractivity contribution in [3.63, 3.8) is 0 Å². The number of nitrogens with one attached hydrogen (secondary N) is 1. The second-order valence-electron chi connectivity index (χ2n) is 7.29. The maximum absolute atomic E-state index is 13.4. The number of nitrogens with zero attached hydrogens (tertiary/aromatic N) is 1. The van der Waals surface area contributed by atoms with Gasteiger partial charge in [-0.3, -0.25) is 9.59 Å². The summed E-state index contributed by atoms with van der Waals surface area (Å²) < 4.78 is 11.5. The average Bonchev–Trinajstić information content (AvgIpc) is 3.18. The van der Waals surface area contributed by atoms with Crippen LogP contribution in [-0.2, 0) is 16.0 Å². The van der Waals surface area contributed by atoms with Crippen LogP contribution in [0.15, 0.2) is 28.7 Å². The highest BCUT2D eigenvalue weighted by Crippen LogP contribution is 2.36. The van der Waals surface area contributed by atoms with Crippen LogP contribution in [0.1, 0.15) is 36.4 Å². The van der Waals surface area contributed by atoms with Crippen LogP contribution >= 0.6 is 0 Å². The van der Waals surface area contributed by atoms with Gasteiger partial charge in [-0.1, -0.05) is 25.1 Å². The van der Waals surface area contributed by atoms with Crippen molar-refractivity contribution in [2.75, 3.05) is 26.3 Å². The average molecular weight is 356 g/mol. The molecule has 4 rings (SSSR count). The van der Waals surface area contributed by atoms with Gasteiger partial charge in [-0.15, -0.1) is 0 Å². The Morgan fingerprint density at radius 3 is 2.92 bits per heavy atom. The van der Waals surface area contributed by atoms with E-state index in [1.165, 1.54) is 6.92 Å². The second-order valence-corrected chi connectivity index (χ2v) is 7.29. The third-order valence-electron chi connectivity index (χ3n) is 5.62. The molecule has 0 unspecified atom stereocenters. The van der Waals surface area contributed by atoms with Gasteiger partial charge in [0.1, 0.15) is 11.3 Å². The van der Waals surface area contributed by atoms with Crippen LogP contribution in [-0.4, -0.2) is 48.6 Å². The molecule has 2 atom stereocenters. The van der Waals surface area contributed by atoms with E-state index in [2.05, 4.69) is 5.32 Å². The van der Waals surface area contributed by atoms with Gasteiger partial charge >= 0.3 is 0 Å². The van der Waals surface area contributed by atoms with Crippen LogP contribution in [0.2, 0.25) is 0 Å². The number of rotatable bonds is 3. The molecule has 2 saturated heterocycles. The van der Waals surface area contributed by atoms with Crippen molar-refractivity contribution in [1.82, 2.24) is 10.2 Å². The van der Waals surface area contributed by atoms with E-state index in [0.29, 0.717) is 38.3 Å². The van der Waals surface area contributed by atoms with Crippen LogP contribution in [0.25, 0.3) is 11.0 Å². The van der Waals surface area contributed by atoms with Gasteiger partial charge in [-0.05, 0) is 12.5 Å². The molecule has 0 aliphatic carbocycles. The number of likely N-dealkylation sites (tertiary alicyclic amines) is 1. The molecule has 2 aromatic rings. The Balaban J connectivity index is 1.68. The first-order valence-corrected chi connectivity index (χ1v) is 9.20. The number of furan rings is 1. The molecule has 1 N–H and O–H groups in total. The first-order valence-electron chi connectivity index (χ1n) is 9.20. The monoisotopic (exact) mass is 356 g/mol. The van der Waals surface area contributed by atoms with E-state index in [1.54, 1.807) is 0 Å². The van der Waals surface area contributed by atoms with Crippen LogP contribution in [0.4, 0.5) is 0 Å². The number of carbonyl (C=O) groups is 2. The molecule has 3 heterocycles. The summed E-state index contributed by atoms with van der Waals surface area (Å²) in [6, 6.07) is 7.65. The van der Waals surface area contributed by atoms with Crippen molar-refractivity contribution in [3.05, 3.63) is 35.6 Å². The number of amides is 2. The maximum atomic E-state index is 13.4. The minimum atomic E-state index is -0.383. The van der Waals surface area contributed by atoms with E-state index in [1.807, 2.05) is 36.1 Å². The molecule has 6 nitrogen and oxygen atoms in total. The molecular weight excluding hydrogens is 332 g/mol. The van der Waals surface area contributed by atoms with Crippen LogP contribution in [0.3, 0.4) is 0 Å². The fourth-order valence-electron chi connectivity index (χ4n) is 4.40.